The third kappa shape index (κ3) is 2.03. The van der Waals surface area contributed by atoms with Crippen LogP contribution in [0.3, 0.4) is 0 Å². The second-order valence-corrected chi connectivity index (χ2v) is 4.15. The fraction of sp³-hybridized carbons (Fsp3) is 0.462. The Labute approximate surface area is 95.0 Å². The molecule has 0 fully saturated rings. The second kappa shape index (κ2) is 4.56. The lowest BCUT2D eigenvalue weighted by Gasteiger charge is -2.23. The van der Waals surface area contributed by atoms with E-state index in [2.05, 4.69) is 6.92 Å². The van der Waals surface area contributed by atoms with Crippen LogP contribution in [0.4, 0.5) is 0 Å². The summed E-state index contributed by atoms with van der Waals surface area (Å²) in [6, 6.07) is 5.90. The number of aliphatic carboxylic acids is 1. The monoisotopic (exact) mass is 220 g/mol. The van der Waals surface area contributed by atoms with Gasteiger partial charge in [0.25, 0.3) is 0 Å². The zero-order valence-electron chi connectivity index (χ0n) is 9.40. The average Bonchev–Trinajstić information content (AvgIpc) is 2.28. The first-order valence-electron chi connectivity index (χ1n) is 5.70. The quantitative estimate of drug-likeness (QED) is 0.851. The molecule has 0 radical (unpaired) electrons. The van der Waals surface area contributed by atoms with Crippen molar-refractivity contribution in [3.8, 4) is 5.75 Å². The van der Waals surface area contributed by atoms with E-state index in [1.165, 1.54) is 5.56 Å². The minimum atomic E-state index is -0.752. The second-order valence-electron chi connectivity index (χ2n) is 4.15. The highest BCUT2D eigenvalue weighted by molar-refractivity contribution is 5.77. The maximum absolute atomic E-state index is 11.1. The smallest absolute Gasteiger partial charge is 0.311 e. The molecule has 1 aliphatic heterocycles. The summed E-state index contributed by atoms with van der Waals surface area (Å²) in [5.41, 5.74) is 2.03. The molecule has 1 unspecified atom stereocenters. The van der Waals surface area contributed by atoms with E-state index in [-0.39, 0.29) is 0 Å². The van der Waals surface area contributed by atoms with Gasteiger partial charge in [-0.2, -0.15) is 0 Å². The van der Waals surface area contributed by atoms with Gasteiger partial charge in [-0.1, -0.05) is 25.5 Å². The van der Waals surface area contributed by atoms with E-state index in [1.807, 2.05) is 18.2 Å². The van der Waals surface area contributed by atoms with Crippen LogP contribution in [0, 0.1) is 0 Å². The van der Waals surface area contributed by atoms with Gasteiger partial charge in [-0.3, -0.25) is 4.79 Å². The van der Waals surface area contributed by atoms with Crippen molar-refractivity contribution in [2.24, 2.45) is 0 Å². The van der Waals surface area contributed by atoms with Gasteiger partial charge >= 0.3 is 5.97 Å². The number of hydrogen-bond donors (Lipinski definition) is 1. The standard InChI is InChI=1S/C13H16O3/c1-2-3-9-4-5-12-11(8-9)10(13(14)15)6-7-16-12/h4-5,8,10H,2-3,6-7H2,1H3,(H,14,15). The first-order valence-corrected chi connectivity index (χ1v) is 5.70. The largest absolute Gasteiger partial charge is 0.493 e. The van der Waals surface area contributed by atoms with Gasteiger partial charge in [0.2, 0.25) is 0 Å². The molecule has 1 atom stereocenters. The summed E-state index contributed by atoms with van der Waals surface area (Å²) >= 11 is 0. The zero-order valence-corrected chi connectivity index (χ0v) is 9.40. The van der Waals surface area contributed by atoms with E-state index in [4.69, 9.17) is 9.84 Å². The predicted molar refractivity (Wildman–Crippen MR) is 60.9 cm³/mol. The highest BCUT2D eigenvalue weighted by atomic mass is 16.5. The lowest BCUT2D eigenvalue weighted by molar-refractivity contribution is -0.139. The summed E-state index contributed by atoms with van der Waals surface area (Å²) in [6.45, 7) is 2.61. The first-order chi connectivity index (χ1) is 7.72. The van der Waals surface area contributed by atoms with Crippen LogP contribution in [-0.2, 0) is 11.2 Å². The van der Waals surface area contributed by atoms with Gasteiger partial charge in [0.15, 0.2) is 0 Å². The van der Waals surface area contributed by atoms with Gasteiger partial charge in [0, 0.05) is 5.56 Å². The molecule has 1 N–H and O–H groups in total. The van der Waals surface area contributed by atoms with Crippen molar-refractivity contribution in [3.05, 3.63) is 29.3 Å². The zero-order chi connectivity index (χ0) is 11.5. The Morgan fingerprint density at radius 3 is 3.06 bits per heavy atom. The molecule has 3 heteroatoms. The summed E-state index contributed by atoms with van der Waals surface area (Å²) in [4.78, 5) is 11.1. The molecule has 0 bridgehead atoms. The summed E-state index contributed by atoms with van der Waals surface area (Å²) in [5, 5.41) is 9.15. The number of fused-ring (bicyclic) bond motifs is 1. The van der Waals surface area contributed by atoms with Crippen LogP contribution in [0.2, 0.25) is 0 Å². The SMILES string of the molecule is CCCc1ccc2c(c1)C(C(=O)O)CCO2. The van der Waals surface area contributed by atoms with E-state index in [9.17, 15) is 4.79 Å². The van der Waals surface area contributed by atoms with Gasteiger partial charge in [-0.15, -0.1) is 0 Å². The van der Waals surface area contributed by atoms with Gasteiger partial charge < -0.3 is 9.84 Å². The molecular weight excluding hydrogens is 204 g/mol. The number of rotatable bonds is 3. The lowest BCUT2D eigenvalue weighted by Crippen LogP contribution is -2.21. The Morgan fingerprint density at radius 1 is 1.56 bits per heavy atom. The Bertz CT molecular complexity index is 398. The van der Waals surface area contributed by atoms with E-state index in [0.717, 1.165) is 24.2 Å². The third-order valence-electron chi connectivity index (χ3n) is 2.95. The van der Waals surface area contributed by atoms with E-state index < -0.39 is 11.9 Å². The summed E-state index contributed by atoms with van der Waals surface area (Å²) in [7, 11) is 0. The summed E-state index contributed by atoms with van der Waals surface area (Å²) in [6.07, 6.45) is 2.62. The molecule has 16 heavy (non-hydrogen) atoms. The van der Waals surface area contributed by atoms with Crippen molar-refractivity contribution in [3.63, 3.8) is 0 Å². The van der Waals surface area contributed by atoms with Crippen LogP contribution in [-0.4, -0.2) is 17.7 Å². The molecule has 2 rings (SSSR count). The lowest BCUT2D eigenvalue weighted by atomic mass is 9.91. The molecule has 0 amide bonds. The van der Waals surface area contributed by atoms with Crippen LogP contribution >= 0.6 is 0 Å². The van der Waals surface area contributed by atoms with Crippen LogP contribution in [0.25, 0.3) is 0 Å². The molecule has 1 aromatic carbocycles. The Morgan fingerprint density at radius 2 is 2.38 bits per heavy atom. The van der Waals surface area contributed by atoms with E-state index in [0.29, 0.717) is 13.0 Å². The highest BCUT2D eigenvalue weighted by Gasteiger charge is 2.27. The molecule has 1 aromatic rings. The number of benzene rings is 1. The van der Waals surface area contributed by atoms with Crippen molar-refractivity contribution in [2.75, 3.05) is 6.61 Å². The van der Waals surface area contributed by atoms with Gasteiger partial charge in [-0.05, 0) is 24.5 Å². The van der Waals surface area contributed by atoms with Crippen molar-refractivity contribution in [1.82, 2.24) is 0 Å². The van der Waals surface area contributed by atoms with Gasteiger partial charge in [-0.25, -0.2) is 0 Å². The average molecular weight is 220 g/mol. The maximum atomic E-state index is 11.1. The van der Waals surface area contributed by atoms with E-state index in [1.54, 1.807) is 0 Å². The number of aryl methyl sites for hydroxylation is 1. The number of carboxylic acid groups (broad SMARTS) is 1. The molecule has 0 saturated heterocycles. The fourth-order valence-corrected chi connectivity index (χ4v) is 2.14. The fourth-order valence-electron chi connectivity index (χ4n) is 2.14. The van der Waals surface area contributed by atoms with Crippen molar-refractivity contribution in [2.45, 2.75) is 32.1 Å². The van der Waals surface area contributed by atoms with E-state index >= 15 is 0 Å². The van der Waals surface area contributed by atoms with Crippen molar-refractivity contribution < 1.29 is 14.6 Å². The first kappa shape index (κ1) is 11.0. The Kier molecular flexibility index (Phi) is 3.13. The predicted octanol–water partition coefficient (Wildman–Crippen LogP) is 2.59. The molecule has 86 valence electrons. The van der Waals surface area contributed by atoms with Gasteiger partial charge in [0.05, 0.1) is 12.5 Å². The van der Waals surface area contributed by atoms with Crippen molar-refractivity contribution in [1.29, 1.82) is 0 Å². The molecule has 0 aromatic heterocycles. The number of carboxylic acids is 1. The minimum absolute atomic E-state index is 0.402. The molecule has 0 aliphatic carbocycles. The molecule has 1 heterocycles. The van der Waals surface area contributed by atoms with Crippen molar-refractivity contribution >= 4 is 5.97 Å². The minimum Gasteiger partial charge on any atom is -0.493 e. The molecule has 1 aliphatic rings. The summed E-state index contributed by atoms with van der Waals surface area (Å²) < 4.78 is 5.47. The summed E-state index contributed by atoms with van der Waals surface area (Å²) in [5.74, 6) is -0.419. The Balaban J connectivity index is 2.36. The number of carbonyl (C=O) groups is 1. The molecular formula is C13H16O3. The molecule has 0 spiro atoms. The molecule has 3 nitrogen and oxygen atoms in total. The normalized spacial score (nSPS) is 18.7. The maximum Gasteiger partial charge on any atom is 0.311 e. The van der Waals surface area contributed by atoms with Crippen LogP contribution in [0.1, 0.15) is 36.8 Å². The van der Waals surface area contributed by atoms with Crippen LogP contribution in [0.15, 0.2) is 18.2 Å². The number of hydrogen-bond acceptors (Lipinski definition) is 2. The highest BCUT2D eigenvalue weighted by Crippen LogP contribution is 2.34. The molecule has 0 saturated carbocycles. The third-order valence-corrected chi connectivity index (χ3v) is 2.95. The topological polar surface area (TPSA) is 46.5 Å². The number of ether oxygens (including phenoxy) is 1. The van der Waals surface area contributed by atoms with Crippen LogP contribution in [0.5, 0.6) is 5.75 Å². The Hall–Kier alpha value is -1.51. The van der Waals surface area contributed by atoms with Gasteiger partial charge in [0.1, 0.15) is 5.75 Å². The van der Waals surface area contributed by atoms with Crippen LogP contribution < -0.4 is 4.74 Å².